The van der Waals surface area contributed by atoms with Gasteiger partial charge in [-0.3, -0.25) is 4.98 Å². The quantitative estimate of drug-likeness (QED) is 0.758. The number of nitrogens with zero attached hydrogens (tertiary/aromatic N) is 3. The molecule has 0 aliphatic rings. The van der Waals surface area contributed by atoms with Crippen molar-refractivity contribution >= 4 is 10.9 Å². The van der Waals surface area contributed by atoms with Crippen LogP contribution in [0.4, 0.5) is 4.39 Å². The average Bonchev–Trinajstić information content (AvgIpc) is 2.46. The van der Waals surface area contributed by atoms with E-state index in [0.29, 0.717) is 22.2 Å². The molecule has 0 bridgehead atoms. The molecule has 2 aromatic heterocycles. The van der Waals surface area contributed by atoms with E-state index in [9.17, 15) is 14.6 Å². The molecule has 0 aliphatic carbocycles. The molecule has 0 saturated carbocycles. The van der Waals surface area contributed by atoms with E-state index in [-0.39, 0.29) is 23.1 Å². The van der Waals surface area contributed by atoms with Crippen molar-refractivity contribution in [2.45, 2.75) is 19.8 Å². The van der Waals surface area contributed by atoms with Crippen LogP contribution >= 0.6 is 0 Å². The Morgan fingerprint density at radius 1 is 1.05 bits per heavy atom. The fourth-order valence-corrected chi connectivity index (χ4v) is 2.34. The Morgan fingerprint density at radius 3 is 2.50 bits per heavy atom. The van der Waals surface area contributed by atoms with Crippen molar-refractivity contribution in [1.82, 2.24) is 15.0 Å². The zero-order valence-electron chi connectivity index (χ0n) is 12.1. The van der Waals surface area contributed by atoms with Crippen molar-refractivity contribution in [2.75, 3.05) is 0 Å². The maximum atomic E-state index is 14.3. The molecule has 0 fully saturated rings. The van der Waals surface area contributed by atoms with Crippen LogP contribution in [-0.2, 0) is 0 Å². The number of halogens is 1. The number of hydrogen-bond donors (Lipinski definition) is 2. The van der Waals surface area contributed by atoms with Gasteiger partial charge in [0, 0.05) is 23.4 Å². The lowest BCUT2D eigenvalue weighted by Crippen LogP contribution is -1.95. The summed E-state index contributed by atoms with van der Waals surface area (Å²) in [6.07, 6.45) is 2.67. The van der Waals surface area contributed by atoms with Crippen LogP contribution < -0.4 is 0 Å². The van der Waals surface area contributed by atoms with E-state index < -0.39 is 5.82 Å². The maximum absolute atomic E-state index is 14.3. The van der Waals surface area contributed by atoms with Gasteiger partial charge in [-0.1, -0.05) is 13.8 Å². The second kappa shape index (κ2) is 5.22. The van der Waals surface area contributed by atoms with E-state index in [1.165, 1.54) is 30.7 Å². The summed E-state index contributed by atoms with van der Waals surface area (Å²) in [5.74, 6) is -0.653. The van der Waals surface area contributed by atoms with E-state index in [0.717, 1.165) is 0 Å². The van der Waals surface area contributed by atoms with Gasteiger partial charge >= 0.3 is 0 Å². The first-order valence-electron chi connectivity index (χ1n) is 6.80. The summed E-state index contributed by atoms with van der Waals surface area (Å²) < 4.78 is 14.3. The zero-order chi connectivity index (χ0) is 15.9. The largest absolute Gasteiger partial charge is 0.506 e. The lowest BCUT2D eigenvalue weighted by atomic mass is 10.0. The highest BCUT2D eigenvalue weighted by atomic mass is 19.1. The van der Waals surface area contributed by atoms with Gasteiger partial charge in [0.1, 0.15) is 17.9 Å². The molecule has 3 aromatic rings. The highest BCUT2D eigenvalue weighted by Gasteiger charge is 2.14. The smallest absolute Gasteiger partial charge is 0.221 e. The Hall–Kier alpha value is -2.76. The molecular weight excluding hydrogens is 285 g/mol. The van der Waals surface area contributed by atoms with Crippen LogP contribution in [-0.4, -0.2) is 25.2 Å². The predicted molar refractivity (Wildman–Crippen MR) is 80.1 cm³/mol. The standard InChI is InChI=1S/C16H14FN3O2/c1-8(2)15-14(21)3-9(6-18-15)10-4-11-13(5-12(10)17)19-7-20-16(11)22/h3-8,21H,1-2H3,(H,19,20,22). The molecule has 0 aliphatic heterocycles. The van der Waals surface area contributed by atoms with Gasteiger partial charge in [-0.05, 0) is 18.1 Å². The number of fused-ring (bicyclic) bond motifs is 1. The van der Waals surface area contributed by atoms with Gasteiger partial charge in [0.15, 0.2) is 0 Å². The highest BCUT2D eigenvalue weighted by Crippen LogP contribution is 2.33. The Balaban J connectivity index is 2.19. The van der Waals surface area contributed by atoms with Gasteiger partial charge < -0.3 is 10.2 Å². The Bertz CT molecular complexity index is 865. The van der Waals surface area contributed by atoms with Crippen LogP contribution in [0.15, 0.2) is 30.7 Å². The number of aromatic nitrogens is 3. The molecule has 0 atom stereocenters. The first-order valence-corrected chi connectivity index (χ1v) is 6.80. The normalized spacial score (nSPS) is 11.3. The van der Waals surface area contributed by atoms with Gasteiger partial charge in [0.25, 0.3) is 0 Å². The van der Waals surface area contributed by atoms with E-state index in [4.69, 9.17) is 0 Å². The third-order valence-corrected chi connectivity index (χ3v) is 3.46. The number of benzene rings is 1. The number of aromatic hydroxyl groups is 2. The first-order chi connectivity index (χ1) is 10.5. The number of hydrogen-bond acceptors (Lipinski definition) is 5. The Kier molecular flexibility index (Phi) is 3.36. The van der Waals surface area contributed by atoms with Crippen molar-refractivity contribution in [3.63, 3.8) is 0 Å². The van der Waals surface area contributed by atoms with Crippen LogP contribution in [0.3, 0.4) is 0 Å². The minimum atomic E-state index is -0.510. The molecule has 112 valence electrons. The summed E-state index contributed by atoms with van der Waals surface area (Å²) in [7, 11) is 0. The minimum Gasteiger partial charge on any atom is -0.506 e. The van der Waals surface area contributed by atoms with Gasteiger partial charge in [-0.2, -0.15) is 0 Å². The predicted octanol–water partition coefficient (Wildman–Crippen LogP) is 3.37. The summed E-state index contributed by atoms with van der Waals surface area (Å²) in [4.78, 5) is 11.8. The second-order valence-corrected chi connectivity index (χ2v) is 5.33. The molecule has 5 nitrogen and oxygen atoms in total. The van der Waals surface area contributed by atoms with Crippen LogP contribution in [0.5, 0.6) is 11.6 Å². The minimum absolute atomic E-state index is 0.0144. The Labute approximate surface area is 126 Å². The van der Waals surface area contributed by atoms with E-state index in [2.05, 4.69) is 15.0 Å². The van der Waals surface area contributed by atoms with Crippen molar-refractivity contribution in [3.8, 4) is 22.8 Å². The Morgan fingerprint density at radius 2 is 1.82 bits per heavy atom. The van der Waals surface area contributed by atoms with E-state index in [1.54, 1.807) is 0 Å². The lowest BCUT2D eigenvalue weighted by molar-refractivity contribution is 0.459. The molecular formula is C16H14FN3O2. The average molecular weight is 299 g/mol. The third-order valence-electron chi connectivity index (χ3n) is 3.46. The monoisotopic (exact) mass is 299 g/mol. The van der Waals surface area contributed by atoms with Crippen LogP contribution in [0.1, 0.15) is 25.5 Å². The number of rotatable bonds is 2. The zero-order valence-corrected chi connectivity index (χ0v) is 12.1. The molecule has 0 unspecified atom stereocenters. The third kappa shape index (κ3) is 2.32. The van der Waals surface area contributed by atoms with Crippen LogP contribution in [0.25, 0.3) is 22.0 Å². The molecule has 0 amide bonds. The van der Waals surface area contributed by atoms with Crippen molar-refractivity contribution < 1.29 is 14.6 Å². The number of pyridine rings is 1. The highest BCUT2D eigenvalue weighted by molar-refractivity contribution is 5.88. The molecule has 2 heterocycles. The molecule has 0 saturated heterocycles. The molecule has 0 spiro atoms. The summed E-state index contributed by atoms with van der Waals surface area (Å²) in [5.41, 5.74) is 1.50. The van der Waals surface area contributed by atoms with Gasteiger partial charge in [-0.15, -0.1) is 0 Å². The first kappa shape index (κ1) is 14.2. The van der Waals surface area contributed by atoms with E-state index >= 15 is 0 Å². The molecule has 6 heteroatoms. The fraction of sp³-hybridized carbons (Fsp3) is 0.188. The summed E-state index contributed by atoms with van der Waals surface area (Å²) in [5, 5.41) is 20.1. The molecule has 0 radical (unpaired) electrons. The van der Waals surface area contributed by atoms with Crippen molar-refractivity contribution in [3.05, 3.63) is 42.2 Å². The van der Waals surface area contributed by atoms with Gasteiger partial charge in [0.2, 0.25) is 5.88 Å². The topological polar surface area (TPSA) is 79.1 Å². The van der Waals surface area contributed by atoms with E-state index in [1.807, 2.05) is 13.8 Å². The van der Waals surface area contributed by atoms with Gasteiger partial charge in [-0.25, -0.2) is 14.4 Å². The fourth-order valence-electron chi connectivity index (χ4n) is 2.34. The summed E-state index contributed by atoms with van der Waals surface area (Å²) in [6, 6.07) is 4.14. The molecule has 2 N–H and O–H groups in total. The SMILES string of the molecule is CC(C)c1ncc(-c2cc3c(O)ncnc3cc2F)cc1O. The summed E-state index contributed by atoms with van der Waals surface area (Å²) in [6.45, 7) is 3.82. The summed E-state index contributed by atoms with van der Waals surface area (Å²) >= 11 is 0. The van der Waals surface area contributed by atoms with Crippen LogP contribution in [0.2, 0.25) is 0 Å². The molecule has 22 heavy (non-hydrogen) atoms. The lowest BCUT2D eigenvalue weighted by Gasteiger charge is -2.10. The maximum Gasteiger partial charge on any atom is 0.221 e. The van der Waals surface area contributed by atoms with Crippen molar-refractivity contribution in [2.24, 2.45) is 0 Å². The van der Waals surface area contributed by atoms with Crippen LogP contribution in [0, 0.1) is 5.82 Å². The molecule has 1 aromatic carbocycles. The van der Waals surface area contributed by atoms with Crippen molar-refractivity contribution in [1.29, 1.82) is 0 Å². The van der Waals surface area contributed by atoms with Gasteiger partial charge in [0.05, 0.1) is 16.6 Å². The second-order valence-electron chi connectivity index (χ2n) is 5.33. The molecule has 3 rings (SSSR count).